The number of hydrogen-bond acceptors (Lipinski definition) is 2. The van der Waals surface area contributed by atoms with Crippen LogP contribution >= 0.6 is 0 Å². The van der Waals surface area contributed by atoms with Crippen LogP contribution in [-0.2, 0) is 0 Å². The summed E-state index contributed by atoms with van der Waals surface area (Å²) >= 11 is 0. The van der Waals surface area contributed by atoms with Crippen molar-refractivity contribution in [2.24, 2.45) is 11.7 Å². The van der Waals surface area contributed by atoms with Gasteiger partial charge in [0.05, 0.1) is 0 Å². The predicted octanol–water partition coefficient (Wildman–Crippen LogP) is 3.33. The summed E-state index contributed by atoms with van der Waals surface area (Å²) in [6.07, 6.45) is 3.69. The molecule has 1 saturated heterocycles. The highest BCUT2D eigenvalue weighted by atomic mass is 15.1. The number of rotatable bonds is 3. The van der Waals surface area contributed by atoms with Gasteiger partial charge in [-0.3, -0.25) is 0 Å². The van der Waals surface area contributed by atoms with Crippen molar-refractivity contribution in [3.63, 3.8) is 0 Å². The molecule has 2 rings (SSSR count). The van der Waals surface area contributed by atoms with Crippen LogP contribution in [0.2, 0.25) is 0 Å². The molecule has 2 unspecified atom stereocenters. The number of piperidine rings is 1. The molecular formula is C15H24N2. The van der Waals surface area contributed by atoms with Crippen molar-refractivity contribution < 1.29 is 0 Å². The molecule has 0 aliphatic carbocycles. The molecule has 1 fully saturated rings. The summed E-state index contributed by atoms with van der Waals surface area (Å²) in [6.45, 7) is 6.86. The molecule has 1 aliphatic rings. The predicted molar refractivity (Wildman–Crippen MR) is 74.3 cm³/mol. The van der Waals surface area contributed by atoms with Gasteiger partial charge in [0.15, 0.2) is 0 Å². The molecule has 2 nitrogen and oxygen atoms in total. The van der Waals surface area contributed by atoms with E-state index in [2.05, 4.69) is 43.0 Å². The van der Waals surface area contributed by atoms with Gasteiger partial charge in [0, 0.05) is 24.8 Å². The van der Waals surface area contributed by atoms with Gasteiger partial charge in [0.1, 0.15) is 0 Å². The van der Waals surface area contributed by atoms with Gasteiger partial charge in [-0.1, -0.05) is 26.0 Å². The van der Waals surface area contributed by atoms with Gasteiger partial charge in [-0.2, -0.15) is 0 Å². The average Bonchev–Trinajstić information content (AvgIpc) is 2.38. The van der Waals surface area contributed by atoms with Crippen LogP contribution in [0.3, 0.4) is 0 Å². The topological polar surface area (TPSA) is 29.3 Å². The van der Waals surface area contributed by atoms with Crippen molar-refractivity contribution in [2.45, 2.75) is 39.2 Å². The molecule has 0 bridgehead atoms. The molecule has 17 heavy (non-hydrogen) atoms. The Morgan fingerprint density at radius 3 is 2.65 bits per heavy atom. The second kappa shape index (κ2) is 5.54. The molecule has 0 aromatic heterocycles. The minimum atomic E-state index is 0.185. The van der Waals surface area contributed by atoms with Crippen LogP contribution in [0.5, 0.6) is 0 Å². The molecule has 0 radical (unpaired) electrons. The SMILES string of the molecule is CCC(N)c1ccc(N2CCCC(C)C2)cc1. The van der Waals surface area contributed by atoms with Crippen LogP contribution < -0.4 is 10.6 Å². The van der Waals surface area contributed by atoms with E-state index in [0.717, 1.165) is 12.3 Å². The fourth-order valence-electron chi connectivity index (χ4n) is 2.59. The van der Waals surface area contributed by atoms with Gasteiger partial charge >= 0.3 is 0 Å². The van der Waals surface area contributed by atoms with E-state index in [-0.39, 0.29) is 6.04 Å². The molecule has 2 heteroatoms. The summed E-state index contributed by atoms with van der Waals surface area (Å²) in [5, 5.41) is 0. The number of anilines is 1. The summed E-state index contributed by atoms with van der Waals surface area (Å²) in [4.78, 5) is 2.50. The summed E-state index contributed by atoms with van der Waals surface area (Å²) in [5.41, 5.74) is 8.63. The van der Waals surface area contributed by atoms with Crippen molar-refractivity contribution in [1.29, 1.82) is 0 Å². The number of nitrogens with zero attached hydrogens (tertiary/aromatic N) is 1. The Kier molecular flexibility index (Phi) is 4.06. The molecule has 1 aliphatic heterocycles. The zero-order chi connectivity index (χ0) is 12.3. The van der Waals surface area contributed by atoms with E-state index in [9.17, 15) is 0 Å². The van der Waals surface area contributed by atoms with E-state index in [4.69, 9.17) is 5.73 Å². The summed E-state index contributed by atoms with van der Waals surface area (Å²) in [5.74, 6) is 0.821. The zero-order valence-corrected chi connectivity index (χ0v) is 11.0. The highest BCUT2D eigenvalue weighted by molar-refractivity contribution is 5.48. The fraction of sp³-hybridized carbons (Fsp3) is 0.600. The monoisotopic (exact) mass is 232 g/mol. The Morgan fingerprint density at radius 1 is 1.35 bits per heavy atom. The highest BCUT2D eigenvalue weighted by Gasteiger charge is 2.16. The van der Waals surface area contributed by atoms with Gasteiger partial charge in [0.25, 0.3) is 0 Å². The molecule has 1 heterocycles. The summed E-state index contributed by atoms with van der Waals surface area (Å²) in [6, 6.07) is 9.00. The first-order valence-electron chi connectivity index (χ1n) is 6.81. The van der Waals surface area contributed by atoms with Crippen molar-refractivity contribution in [2.75, 3.05) is 18.0 Å². The zero-order valence-electron chi connectivity index (χ0n) is 11.0. The van der Waals surface area contributed by atoms with Crippen LogP contribution in [0, 0.1) is 5.92 Å². The van der Waals surface area contributed by atoms with Gasteiger partial charge in [-0.05, 0) is 42.9 Å². The maximum absolute atomic E-state index is 6.03. The lowest BCUT2D eigenvalue weighted by atomic mass is 9.99. The van der Waals surface area contributed by atoms with Gasteiger partial charge < -0.3 is 10.6 Å². The Bertz CT molecular complexity index is 344. The van der Waals surface area contributed by atoms with Crippen LogP contribution in [0.1, 0.15) is 44.7 Å². The first kappa shape index (κ1) is 12.4. The smallest absolute Gasteiger partial charge is 0.0366 e. The van der Waals surface area contributed by atoms with E-state index in [0.29, 0.717) is 0 Å². The molecule has 1 aromatic carbocycles. The lowest BCUT2D eigenvalue weighted by molar-refractivity contribution is 0.447. The molecule has 0 spiro atoms. The third-order valence-corrected chi connectivity index (χ3v) is 3.78. The summed E-state index contributed by atoms with van der Waals surface area (Å²) in [7, 11) is 0. The normalized spacial score (nSPS) is 22.5. The second-order valence-corrected chi connectivity index (χ2v) is 5.30. The Hall–Kier alpha value is -1.02. The molecule has 94 valence electrons. The van der Waals surface area contributed by atoms with Crippen molar-refractivity contribution >= 4 is 5.69 Å². The Labute approximate surface area is 105 Å². The summed E-state index contributed by atoms with van der Waals surface area (Å²) < 4.78 is 0. The first-order chi connectivity index (χ1) is 8.20. The van der Waals surface area contributed by atoms with E-state index in [1.165, 1.54) is 37.2 Å². The Balaban J connectivity index is 2.06. The Morgan fingerprint density at radius 2 is 2.06 bits per heavy atom. The van der Waals surface area contributed by atoms with Crippen LogP contribution in [0.15, 0.2) is 24.3 Å². The van der Waals surface area contributed by atoms with Crippen LogP contribution in [-0.4, -0.2) is 13.1 Å². The molecule has 0 saturated carbocycles. The third kappa shape index (κ3) is 3.01. The number of benzene rings is 1. The maximum Gasteiger partial charge on any atom is 0.0366 e. The molecule has 2 N–H and O–H groups in total. The van der Waals surface area contributed by atoms with Gasteiger partial charge in [0.2, 0.25) is 0 Å². The number of hydrogen-bond donors (Lipinski definition) is 1. The standard InChI is InChI=1S/C15H24N2/c1-3-15(16)13-6-8-14(9-7-13)17-10-4-5-12(2)11-17/h6-9,12,15H,3-5,10-11,16H2,1-2H3. The second-order valence-electron chi connectivity index (χ2n) is 5.30. The minimum Gasteiger partial charge on any atom is -0.371 e. The van der Waals surface area contributed by atoms with E-state index >= 15 is 0 Å². The van der Waals surface area contributed by atoms with Gasteiger partial charge in [-0.25, -0.2) is 0 Å². The largest absolute Gasteiger partial charge is 0.371 e. The first-order valence-corrected chi connectivity index (χ1v) is 6.81. The lowest BCUT2D eigenvalue weighted by Gasteiger charge is -2.33. The fourth-order valence-corrected chi connectivity index (χ4v) is 2.59. The number of nitrogens with two attached hydrogens (primary N) is 1. The van der Waals surface area contributed by atoms with Crippen LogP contribution in [0.4, 0.5) is 5.69 Å². The van der Waals surface area contributed by atoms with Crippen molar-refractivity contribution in [1.82, 2.24) is 0 Å². The van der Waals surface area contributed by atoms with Crippen molar-refractivity contribution in [3.05, 3.63) is 29.8 Å². The highest BCUT2D eigenvalue weighted by Crippen LogP contribution is 2.24. The lowest BCUT2D eigenvalue weighted by Crippen LogP contribution is -2.34. The third-order valence-electron chi connectivity index (χ3n) is 3.78. The van der Waals surface area contributed by atoms with Gasteiger partial charge in [-0.15, -0.1) is 0 Å². The molecule has 1 aromatic rings. The quantitative estimate of drug-likeness (QED) is 0.866. The maximum atomic E-state index is 6.03. The molecule has 2 atom stereocenters. The van der Waals surface area contributed by atoms with E-state index in [1.807, 2.05) is 0 Å². The van der Waals surface area contributed by atoms with Crippen LogP contribution in [0.25, 0.3) is 0 Å². The van der Waals surface area contributed by atoms with E-state index < -0.39 is 0 Å². The van der Waals surface area contributed by atoms with E-state index in [1.54, 1.807) is 0 Å². The molecule has 0 amide bonds. The average molecular weight is 232 g/mol. The van der Waals surface area contributed by atoms with Crippen molar-refractivity contribution in [3.8, 4) is 0 Å². The minimum absolute atomic E-state index is 0.185. The molecular weight excluding hydrogens is 208 g/mol.